The summed E-state index contributed by atoms with van der Waals surface area (Å²) >= 11 is 5.82. The van der Waals surface area contributed by atoms with Crippen LogP contribution in [-0.2, 0) is 4.74 Å². The lowest BCUT2D eigenvalue weighted by molar-refractivity contribution is -0.0160. The van der Waals surface area contributed by atoms with E-state index in [1.54, 1.807) is 0 Å². The fourth-order valence-corrected chi connectivity index (χ4v) is 2.03. The van der Waals surface area contributed by atoms with E-state index < -0.39 is 0 Å². The summed E-state index contributed by atoms with van der Waals surface area (Å²) in [5, 5.41) is 0. The molecule has 11 heavy (non-hydrogen) atoms. The molecule has 0 bridgehead atoms. The summed E-state index contributed by atoms with van der Waals surface area (Å²) in [6.07, 6.45) is 5.36. The zero-order chi connectivity index (χ0) is 8.10. The fourth-order valence-electron chi connectivity index (χ4n) is 1.61. The molecule has 66 valence electrons. The van der Waals surface area contributed by atoms with E-state index in [0.717, 1.165) is 18.9 Å². The topological polar surface area (TPSA) is 9.23 Å². The van der Waals surface area contributed by atoms with E-state index in [-0.39, 0.29) is 0 Å². The predicted octanol–water partition coefficient (Wildman–Crippen LogP) is 2.82. The van der Waals surface area contributed by atoms with Crippen molar-refractivity contribution in [2.45, 2.75) is 38.7 Å². The Balaban J connectivity index is 2.30. The average Bonchev–Trinajstić information content (AvgIpc) is 2.09. The molecule has 1 aliphatic heterocycles. The molecule has 2 unspecified atom stereocenters. The smallest absolute Gasteiger partial charge is 0.0614 e. The largest absolute Gasteiger partial charge is 0.378 e. The highest BCUT2D eigenvalue weighted by molar-refractivity contribution is 6.18. The summed E-state index contributed by atoms with van der Waals surface area (Å²) in [6.45, 7) is 3.13. The second-order valence-electron chi connectivity index (χ2n) is 3.23. The van der Waals surface area contributed by atoms with E-state index in [9.17, 15) is 0 Å². The molecule has 0 aromatic carbocycles. The zero-order valence-electron chi connectivity index (χ0n) is 7.18. The highest BCUT2D eigenvalue weighted by Crippen LogP contribution is 2.23. The monoisotopic (exact) mass is 176 g/mol. The Hall–Kier alpha value is 0.250. The van der Waals surface area contributed by atoms with Crippen LogP contribution >= 0.6 is 11.6 Å². The van der Waals surface area contributed by atoms with Gasteiger partial charge in [0.15, 0.2) is 0 Å². The van der Waals surface area contributed by atoms with Gasteiger partial charge in [-0.25, -0.2) is 0 Å². The third-order valence-electron chi connectivity index (χ3n) is 2.46. The van der Waals surface area contributed by atoms with Crippen LogP contribution in [0.1, 0.15) is 32.6 Å². The van der Waals surface area contributed by atoms with Crippen LogP contribution in [0.4, 0.5) is 0 Å². The van der Waals surface area contributed by atoms with Gasteiger partial charge in [-0.2, -0.15) is 0 Å². The third kappa shape index (κ3) is 2.64. The summed E-state index contributed by atoms with van der Waals surface area (Å²) in [6, 6.07) is 0. The van der Waals surface area contributed by atoms with Crippen LogP contribution in [0, 0.1) is 5.92 Å². The van der Waals surface area contributed by atoms with Crippen molar-refractivity contribution in [2.24, 2.45) is 5.92 Å². The van der Waals surface area contributed by atoms with Gasteiger partial charge in [-0.05, 0) is 31.6 Å². The van der Waals surface area contributed by atoms with Gasteiger partial charge in [0.1, 0.15) is 0 Å². The van der Waals surface area contributed by atoms with Crippen LogP contribution in [0.25, 0.3) is 0 Å². The molecule has 1 nitrogen and oxygen atoms in total. The standard InChI is InChI=1S/C9H17ClO/c1-2-8(7-10)9-5-3-4-6-11-9/h8-9H,2-7H2,1H3. The summed E-state index contributed by atoms with van der Waals surface area (Å²) in [5.41, 5.74) is 0. The van der Waals surface area contributed by atoms with Gasteiger partial charge in [-0.3, -0.25) is 0 Å². The van der Waals surface area contributed by atoms with Gasteiger partial charge in [0.2, 0.25) is 0 Å². The maximum atomic E-state index is 5.82. The Morgan fingerprint density at radius 1 is 1.55 bits per heavy atom. The Labute approximate surface area is 74.1 Å². The van der Waals surface area contributed by atoms with E-state index >= 15 is 0 Å². The first-order valence-electron chi connectivity index (χ1n) is 4.56. The molecule has 0 N–H and O–H groups in total. The highest BCUT2D eigenvalue weighted by Gasteiger charge is 2.21. The summed E-state index contributed by atoms with van der Waals surface area (Å²) in [7, 11) is 0. The Bertz CT molecular complexity index is 95.7. The van der Waals surface area contributed by atoms with Crippen LogP contribution in [-0.4, -0.2) is 18.6 Å². The minimum Gasteiger partial charge on any atom is -0.378 e. The molecule has 1 fully saturated rings. The molecule has 1 saturated heterocycles. The van der Waals surface area contributed by atoms with Crippen LogP contribution in [0.2, 0.25) is 0 Å². The minimum absolute atomic E-state index is 0.450. The quantitative estimate of drug-likeness (QED) is 0.601. The van der Waals surface area contributed by atoms with Gasteiger partial charge in [0, 0.05) is 12.5 Å². The molecular weight excluding hydrogens is 160 g/mol. The average molecular weight is 177 g/mol. The fraction of sp³-hybridized carbons (Fsp3) is 1.00. The van der Waals surface area contributed by atoms with Gasteiger partial charge < -0.3 is 4.74 Å². The lowest BCUT2D eigenvalue weighted by Gasteiger charge is -2.28. The lowest BCUT2D eigenvalue weighted by Crippen LogP contribution is -2.28. The molecule has 0 aliphatic carbocycles. The number of alkyl halides is 1. The van der Waals surface area contributed by atoms with Gasteiger partial charge in [0.05, 0.1) is 6.10 Å². The summed E-state index contributed by atoms with van der Waals surface area (Å²) < 4.78 is 5.64. The second kappa shape index (κ2) is 5.00. The van der Waals surface area contributed by atoms with Crippen molar-refractivity contribution in [3.63, 3.8) is 0 Å². The van der Waals surface area contributed by atoms with Gasteiger partial charge in [-0.1, -0.05) is 6.92 Å². The van der Waals surface area contributed by atoms with E-state index in [2.05, 4.69) is 6.92 Å². The number of halogens is 1. The van der Waals surface area contributed by atoms with Gasteiger partial charge >= 0.3 is 0 Å². The first kappa shape index (κ1) is 9.34. The van der Waals surface area contributed by atoms with E-state index in [1.165, 1.54) is 19.3 Å². The van der Waals surface area contributed by atoms with Gasteiger partial charge in [-0.15, -0.1) is 11.6 Å². The molecule has 0 aromatic heterocycles. The first-order chi connectivity index (χ1) is 5.38. The normalized spacial score (nSPS) is 28.4. The van der Waals surface area contributed by atoms with E-state index in [4.69, 9.17) is 16.3 Å². The Morgan fingerprint density at radius 2 is 2.36 bits per heavy atom. The van der Waals surface area contributed by atoms with Crippen LogP contribution in [0.5, 0.6) is 0 Å². The van der Waals surface area contributed by atoms with Crippen molar-refractivity contribution in [1.82, 2.24) is 0 Å². The molecule has 0 saturated carbocycles. The minimum atomic E-state index is 0.450. The maximum absolute atomic E-state index is 5.82. The van der Waals surface area contributed by atoms with E-state index in [1.807, 2.05) is 0 Å². The van der Waals surface area contributed by atoms with Gasteiger partial charge in [0.25, 0.3) is 0 Å². The van der Waals surface area contributed by atoms with Crippen LogP contribution < -0.4 is 0 Å². The maximum Gasteiger partial charge on any atom is 0.0614 e. The number of hydrogen-bond donors (Lipinski definition) is 0. The molecule has 0 spiro atoms. The molecule has 0 aromatic rings. The van der Waals surface area contributed by atoms with Crippen LogP contribution in [0.3, 0.4) is 0 Å². The number of hydrogen-bond acceptors (Lipinski definition) is 1. The van der Waals surface area contributed by atoms with Crippen molar-refractivity contribution in [1.29, 1.82) is 0 Å². The van der Waals surface area contributed by atoms with Crippen molar-refractivity contribution < 1.29 is 4.74 Å². The SMILES string of the molecule is CCC(CCl)C1CCCCO1. The van der Waals surface area contributed by atoms with Crippen molar-refractivity contribution in [3.8, 4) is 0 Å². The Kier molecular flexibility index (Phi) is 4.24. The van der Waals surface area contributed by atoms with E-state index in [0.29, 0.717) is 12.0 Å². The molecule has 1 heterocycles. The molecule has 1 rings (SSSR count). The predicted molar refractivity (Wildman–Crippen MR) is 48.1 cm³/mol. The molecule has 2 atom stereocenters. The summed E-state index contributed by atoms with van der Waals surface area (Å²) in [4.78, 5) is 0. The summed E-state index contributed by atoms with van der Waals surface area (Å²) in [5.74, 6) is 1.33. The van der Waals surface area contributed by atoms with Crippen molar-refractivity contribution in [3.05, 3.63) is 0 Å². The van der Waals surface area contributed by atoms with Crippen molar-refractivity contribution in [2.75, 3.05) is 12.5 Å². The lowest BCUT2D eigenvalue weighted by atomic mass is 9.95. The molecule has 0 amide bonds. The van der Waals surface area contributed by atoms with Crippen molar-refractivity contribution >= 4 is 11.6 Å². The first-order valence-corrected chi connectivity index (χ1v) is 5.09. The second-order valence-corrected chi connectivity index (χ2v) is 3.54. The van der Waals surface area contributed by atoms with Crippen LogP contribution in [0.15, 0.2) is 0 Å². The zero-order valence-corrected chi connectivity index (χ0v) is 7.94. The third-order valence-corrected chi connectivity index (χ3v) is 2.86. The molecule has 2 heteroatoms. The molecule has 1 aliphatic rings. The number of rotatable bonds is 3. The molecule has 0 radical (unpaired) electrons. The Morgan fingerprint density at radius 3 is 2.82 bits per heavy atom. The number of ether oxygens (including phenoxy) is 1. The molecular formula is C9H17ClO. The highest BCUT2D eigenvalue weighted by atomic mass is 35.5.